The molecule has 0 spiro atoms. The van der Waals surface area contributed by atoms with Crippen LogP contribution in [0.1, 0.15) is 19.4 Å². The van der Waals surface area contributed by atoms with E-state index < -0.39 is 5.25 Å². The molecule has 2 aromatic carbocycles. The first-order valence-electron chi connectivity index (χ1n) is 10.7. The van der Waals surface area contributed by atoms with Gasteiger partial charge in [0.1, 0.15) is 0 Å². The molecule has 34 heavy (non-hydrogen) atoms. The van der Waals surface area contributed by atoms with Gasteiger partial charge in [0, 0.05) is 36.3 Å². The van der Waals surface area contributed by atoms with Crippen LogP contribution in [0.4, 0.5) is 11.4 Å². The molecule has 172 valence electrons. The second-order valence-corrected chi connectivity index (χ2v) is 8.98. The third kappa shape index (κ3) is 5.32. The van der Waals surface area contributed by atoms with Crippen molar-refractivity contribution in [3.05, 3.63) is 78.6 Å². The number of thioether (sulfide) groups is 1. The van der Waals surface area contributed by atoms with Crippen LogP contribution < -0.4 is 10.6 Å². The normalized spacial score (nSPS) is 11.6. The smallest absolute Gasteiger partial charge is 0.237 e. The zero-order chi connectivity index (χ0) is 24.1. The Hall–Kier alpha value is -3.98. The summed E-state index contributed by atoms with van der Waals surface area (Å²) in [6.45, 7) is 5.31. The van der Waals surface area contributed by atoms with E-state index >= 15 is 0 Å². The van der Waals surface area contributed by atoms with Crippen LogP contribution in [0.3, 0.4) is 0 Å². The third-order valence-corrected chi connectivity index (χ3v) is 6.10. The highest BCUT2D eigenvalue weighted by Gasteiger charge is 2.22. The van der Waals surface area contributed by atoms with Gasteiger partial charge in [-0.25, -0.2) is 0 Å². The van der Waals surface area contributed by atoms with Crippen molar-refractivity contribution in [3.8, 4) is 17.1 Å². The first kappa shape index (κ1) is 23.2. The Bertz CT molecular complexity index is 1300. The van der Waals surface area contributed by atoms with Crippen LogP contribution in [0.25, 0.3) is 17.1 Å². The molecule has 1 unspecified atom stereocenters. The highest BCUT2D eigenvalue weighted by molar-refractivity contribution is 8.00. The molecule has 0 saturated carbocycles. The van der Waals surface area contributed by atoms with Gasteiger partial charge in [-0.3, -0.25) is 19.1 Å². The monoisotopic (exact) mass is 472 g/mol. The number of carbonyl (C=O) groups is 2. The van der Waals surface area contributed by atoms with Crippen LogP contribution in [0, 0.1) is 6.92 Å². The van der Waals surface area contributed by atoms with E-state index in [1.54, 1.807) is 36.7 Å². The second kappa shape index (κ2) is 10.3. The lowest BCUT2D eigenvalue weighted by Crippen LogP contribution is -2.23. The number of pyridine rings is 1. The van der Waals surface area contributed by atoms with Gasteiger partial charge in [-0.2, -0.15) is 0 Å². The van der Waals surface area contributed by atoms with Gasteiger partial charge in [-0.15, -0.1) is 10.2 Å². The molecule has 2 amide bonds. The molecule has 0 bridgehead atoms. The van der Waals surface area contributed by atoms with E-state index in [1.165, 1.54) is 18.7 Å². The number of rotatable bonds is 7. The first-order chi connectivity index (χ1) is 16.4. The van der Waals surface area contributed by atoms with Crippen LogP contribution in [-0.2, 0) is 9.59 Å². The minimum absolute atomic E-state index is 0.147. The molecule has 0 fully saturated rings. The third-order valence-electron chi connectivity index (χ3n) is 5.05. The van der Waals surface area contributed by atoms with Crippen LogP contribution in [0.5, 0.6) is 0 Å². The molecule has 0 aliphatic rings. The van der Waals surface area contributed by atoms with Crippen LogP contribution >= 0.6 is 11.8 Å². The zero-order valence-corrected chi connectivity index (χ0v) is 19.8. The lowest BCUT2D eigenvalue weighted by Gasteiger charge is -2.15. The number of aryl methyl sites for hydroxylation is 1. The van der Waals surface area contributed by atoms with Crippen molar-refractivity contribution in [2.45, 2.75) is 31.2 Å². The maximum atomic E-state index is 12.9. The number of para-hydroxylation sites is 1. The standard InChI is InChI=1S/C25H24N6O2S/c1-16-6-4-5-7-22(16)31-23(19-12-14-26-15-13-19)29-30-25(31)34-17(2)24(33)28-21-10-8-20(9-11-21)27-18(3)32/h4-15,17H,1-3H3,(H,27,32)(H,28,33). The molecule has 1 atom stereocenters. The van der Waals surface area contributed by atoms with Gasteiger partial charge in [0.25, 0.3) is 0 Å². The quantitative estimate of drug-likeness (QED) is 0.378. The Morgan fingerprint density at radius 3 is 2.21 bits per heavy atom. The van der Waals surface area contributed by atoms with Crippen molar-refractivity contribution in [2.24, 2.45) is 0 Å². The van der Waals surface area contributed by atoms with Gasteiger partial charge in [0.05, 0.1) is 10.9 Å². The number of carbonyl (C=O) groups excluding carboxylic acids is 2. The molecule has 0 aliphatic heterocycles. The van der Waals surface area contributed by atoms with Gasteiger partial charge in [0.15, 0.2) is 11.0 Å². The van der Waals surface area contributed by atoms with Crippen LogP contribution in [-0.4, -0.2) is 36.8 Å². The van der Waals surface area contributed by atoms with Gasteiger partial charge in [0.2, 0.25) is 11.8 Å². The number of nitrogens with zero attached hydrogens (tertiary/aromatic N) is 4. The van der Waals surface area contributed by atoms with Crippen molar-refractivity contribution in [1.82, 2.24) is 19.7 Å². The van der Waals surface area contributed by atoms with E-state index in [-0.39, 0.29) is 11.8 Å². The first-order valence-corrected chi connectivity index (χ1v) is 11.6. The summed E-state index contributed by atoms with van der Waals surface area (Å²) in [6.07, 6.45) is 3.43. The highest BCUT2D eigenvalue weighted by atomic mass is 32.2. The van der Waals surface area contributed by atoms with Gasteiger partial charge in [-0.05, 0) is 61.9 Å². The van der Waals surface area contributed by atoms with E-state index in [1.807, 2.05) is 54.8 Å². The van der Waals surface area contributed by atoms with Gasteiger partial charge >= 0.3 is 0 Å². The fraction of sp³-hybridized carbons (Fsp3) is 0.160. The maximum absolute atomic E-state index is 12.9. The van der Waals surface area contributed by atoms with Crippen LogP contribution in [0.15, 0.2) is 78.2 Å². The van der Waals surface area contributed by atoms with Crippen molar-refractivity contribution < 1.29 is 9.59 Å². The molecule has 0 aliphatic carbocycles. The van der Waals surface area contributed by atoms with Gasteiger partial charge in [-0.1, -0.05) is 30.0 Å². The fourth-order valence-electron chi connectivity index (χ4n) is 3.36. The van der Waals surface area contributed by atoms with Crippen molar-refractivity contribution in [1.29, 1.82) is 0 Å². The molecule has 9 heteroatoms. The van der Waals surface area contributed by atoms with Crippen LogP contribution in [0.2, 0.25) is 0 Å². The number of nitrogens with one attached hydrogen (secondary N) is 2. The summed E-state index contributed by atoms with van der Waals surface area (Å²) in [4.78, 5) is 28.2. The van der Waals surface area contributed by atoms with E-state index in [9.17, 15) is 9.59 Å². The Labute approximate surface area is 201 Å². The predicted octanol–water partition coefficient (Wildman–Crippen LogP) is 4.72. The Kier molecular flexibility index (Phi) is 7.03. The lowest BCUT2D eigenvalue weighted by molar-refractivity contribution is -0.115. The second-order valence-electron chi connectivity index (χ2n) is 7.67. The SMILES string of the molecule is CC(=O)Nc1ccc(NC(=O)C(C)Sc2nnc(-c3ccncc3)n2-c2ccccc2C)cc1. The Morgan fingerprint density at radius 2 is 1.56 bits per heavy atom. The van der Waals surface area contributed by atoms with E-state index in [0.717, 1.165) is 16.8 Å². The molecular weight excluding hydrogens is 448 g/mol. The number of aromatic nitrogens is 4. The molecular formula is C25H24N6O2S. The number of hydrogen-bond acceptors (Lipinski definition) is 6. The maximum Gasteiger partial charge on any atom is 0.237 e. The molecule has 0 saturated heterocycles. The largest absolute Gasteiger partial charge is 0.326 e. The number of hydrogen-bond donors (Lipinski definition) is 2. The summed E-state index contributed by atoms with van der Waals surface area (Å²) in [5.41, 5.74) is 4.21. The number of amides is 2. The summed E-state index contributed by atoms with van der Waals surface area (Å²) in [7, 11) is 0. The summed E-state index contributed by atoms with van der Waals surface area (Å²) in [5, 5.41) is 14.6. The highest BCUT2D eigenvalue weighted by Crippen LogP contribution is 2.31. The molecule has 2 N–H and O–H groups in total. The van der Waals surface area contributed by atoms with Gasteiger partial charge < -0.3 is 10.6 Å². The Morgan fingerprint density at radius 1 is 0.912 bits per heavy atom. The Balaban J connectivity index is 1.57. The fourth-order valence-corrected chi connectivity index (χ4v) is 4.22. The molecule has 4 rings (SSSR count). The van der Waals surface area contributed by atoms with E-state index in [2.05, 4.69) is 25.8 Å². The van der Waals surface area contributed by atoms with Crippen molar-refractivity contribution in [3.63, 3.8) is 0 Å². The topological polar surface area (TPSA) is 102 Å². The van der Waals surface area contributed by atoms with E-state index in [0.29, 0.717) is 22.4 Å². The minimum atomic E-state index is -0.438. The summed E-state index contributed by atoms with van der Waals surface area (Å²) in [6, 6.07) is 18.7. The molecule has 0 radical (unpaired) electrons. The number of benzene rings is 2. The van der Waals surface area contributed by atoms with E-state index in [4.69, 9.17) is 0 Å². The molecule has 4 aromatic rings. The average molecular weight is 473 g/mol. The predicted molar refractivity (Wildman–Crippen MR) is 134 cm³/mol. The summed E-state index contributed by atoms with van der Waals surface area (Å²) < 4.78 is 1.97. The number of anilines is 2. The summed E-state index contributed by atoms with van der Waals surface area (Å²) >= 11 is 1.33. The average Bonchev–Trinajstić information content (AvgIpc) is 3.24. The molecule has 8 nitrogen and oxygen atoms in total. The van der Waals surface area contributed by atoms with Crippen molar-refractivity contribution >= 4 is 35.0 Å². The molecule has 2 heterocycles. The lowest BCUT2D eigenvalue weighted by atomic mass is 10.2. The zero-order valence-electron chi connectivity index (χ0n) is 19.0. The minimum Gasteiger partial charge on any atom is -0.326 e. The molecule has 2 aromatic heterocycles. The van der Waals surface area contributed by atoms with Crippen molar-refractivity contribution in [2.75, 3.05) is 10.6 Å². The summed E-state index contributed by atoms with van der Waals surface area (Å²) in [5.74, 6) is 0.369.